The maximum atomic E-state index is 5.85. The van der Waals surface area contributed by atoms with Gasteiger partial charge >= 0.3 is 9.28 Å². The van der Waals surface area contributed by atoms with Crippen LogP contribution in [0.25, 0.3) is 6.08 Å². The lowest BCUT2D eigenvalue weighted by atomic mass is 10.2. The molecule has 0 unspecified atom stereocenters. The van der Waals surface area contributed by atoms with E-state index in [1.165, 1.54) is 0 Å². The number of benzene rings is 1. The molecule has 0 bridgehead atoms. The van der Waals surface area contributed by atoms with Crippen LogP contribution in [0.4, 0.5) is 0 Å². The average molecular weight is 249 g/mol. The van der Waals surface area contributed by atoms with Crippen molar-refractivity contribution in [3.8, 4) is 0 Å². The summed E-state index contributed by atoms with van der Waals surface area (Å²) in [6.45, 7) is 9.57. The first kappa shape index (κ1) is 14.2. The van der Waals surface area contributed by atoms with Crippen LogP contribution in [0, 0.1) is 0 Å². The Hall–Kier alpha value is -0.903. The molecule has 1 rings (SSSR count). The fraction of sp³-hybridized carbons (Fsp3) is 0.429. The molecule has 17 heavy (non-hydrogen) atoms. The van der Waals surface area contributed by atoms with Crippen molar-refractivity contribution in [2.24, 2.45) is 0 Å². The molecule has 0 fully saturated rings. The van der Waals surface area contributed by atoms with E-state index < -0.39 is 9.28 Å². The molecule has 0 spiro atoms. The van der Waals surface area contributed by atoms with E-state index in [-0.39, 0.29) is 0 Å². The predicted octanol–water partition coefficient (Wildman–Crippen LogP) is 2.88. The zero-order valence-corrected chi connectivity index (χ0v) is 11.7. The fourth-order valence-electron chi connectivity index (χ4n) is 1.45. The van der Waals surface area contributed by atoms with Gasteiger partial charge in [-0.3, -0.25) is 0 Å². The van der Waals surface area contributed by atoms with E-state index in [0.29, 0.717) is 0 Å². The Kier molecular flexibility index (Phi) is 6.85. The van der Waals surface area contributed by atoms with Crippen molar-refractivity contribution in [1.82, 2.24) is 0 Å². The fourth-order valence-corrected chi connectivity index (χ4v) is 3.27. The topological polar surface area (TPSA) is 18.5 Å². The lowest BCUT2D eigenvalue weighted by Crippen LogP contribution is -2.39. The van der Waals surface area contributed by atoms with Gasteiger partial charge < -0.3 is 8.85 Å². The third-order valence-corrected chi connectivity index (χ3v) is 4.10. The maximum absolute atomic E-state index is 5.85. The largest absolute Gasteiger partial charge is 0.424 e. The maximum Gasteiger partial charge on any atom is 0.424 e. The molecule has 1 radical (unpaired) electrons. The summed E-state index contributed by atoms with van der Waals surface area (Å²) >= 11 is 0. The highest BCUT2D eigenvalue weighted by Crippen LogP contribution is 2.03. The normalized spacial score (nSPS) is 10.8. The summed E-state index contributed by atoms with van der Waals surface area (Å²) in [6.07, 6.45) is 3.89. The lowest BCUT2D eigenvalue weighted by molar-refractivity contribution is 0.207. The van der Waals surface area contributed by atoms with Gasteiger partial charge in [0.2, 0.25) is 0 Å². The van der Waals surface area contributed by atoms with Gasteiger partial charge in [0.05, 0.1) is 0 Å². The van der Waals surface area contributed by atoms with E-state index in [1.807, 2.05) is 18.2 Å². The van der Waals surface area contributed by atoms with Crippen molar-refractivity contribution in [2.75, 3.05) is 13.2 Å². The van der Waals surface area contributed by atoms with Crippen LogP contribution in [0.2, 0.25) is 0 Å². The second kappa shape index (κ2) is 8.23. The van der Waals surface area contributed by atoms with Gasteiger partial charge in [-0.25, -0.2) is 0 Å². The van der Waals surface area contributed by atoms with Crippen LogP contribution in [0.1, 0.15) is 32.3 Å². The summed E-state index contributed by atoms with van der Waals surface area (Å²) in [5.74, 6) is 0. The zero-order chi connectivity index (χ0) is 12.5. The third kappa shape index (κ3) is 4.46. The number of hydrogen-bond acceptors (Lipinski definition) is 2. The quantitative estimate of drug-likeness (QED) is 0.660. The first-order valence-electron chi connectivity index (χ1n) is 6.17. The van der Waals surface area contributed by atoms with E-state index in [0.717, 1.165) is 36.8 Å². The van der Waals surface area contributed by atoms with Gasteiger partial charge in [0.1, 0.15) is 0 Å². The van der Waals surface area contributed by atoms with Gasteiger partial charge in [-0.1, -0.05) is 50.8 Å². The van der Waals surface area contributed by atoms with Gasteiger partial charge in [-0.2, -0.15) is 0 Å². The van der Waals surface area contributed by atoms with Crippen LogP contribution in [0.15, 0.2) is 30.8 Å². The molecular weight excluding hydrogens is 228 g/mol. The molecule has 0 heterocycles. The van der Waals surface area contributed by atoms with Crippen LogP contribution in [0.5, 0.6) is 0 Å². The summed E-state index contributed by atoms with van der Waals surface area (Å²) in [5, 5.41) is 1.16. The van der Waals surface area contributed by atoms with Crippen molar-refractivity contribution >= 4 is 20.5 Å². The Morgan fingerprint density at radius 2 is 1.71 bits per heavy atom. The second-order valence-electron chi connectivity index (χ2n) is 3.78. The predicted molar refractivity (Wildman–Crippen MR) is 74.4 cm³/mol. The summed E-state index contributed by atoms with van der Waals surface area (Å²) in [6, 6.07) is 8.17. The highest BCUT2D eigenvalue weighted by Gasteiger charge is 2.20. The van der Waals surface area contributed by atoms with E-state index >= 15 is 0 Å². The van der Waals surface area contributed by atoms with Gasteiger partial charge in [-0.15, -0.1) is 0 Å². The molecule has 1 aromatic carbocycles. The first-order chi connectivity index (χ1) is 8.33. The zero-order valence-electron chi connectivity index (χ0n) is 10.7. The number of hydrogen-bond donors (Lipinski definition) is 0. The molecule has 2 nitrogen and oxygen atoms in total. The van der Waals surface area contributed by atoms with E-state index in [1.54, 1.807) is 0 Å². The summed E-state index contributed by atoms with van der Waals surface area (Å²) in [5.41, 5.74) is 1.12. The van der Waals surface area contributed by atoms with Crippen molar-refractivity contribution in [2.45, 2.75) is 26.7 Å². The molecule has 93 valence electrons. The molecule has 0 amide bonds. The van der Waals surface area contributed by atoms with Crippen LogP contribution < -0.4 is 5.19 Å². The van der Waals surface area contributed by atoms with E-state index in [4.69, 9.17) is 8.85 Å². The van der Waals surface area contributed by atoms with E-state index in [9.17, 15) is 0 Å². The van der Waals surface area contributed by atoms with Crippen molar-refractivity contribution in [3.63, 3.8) is 0 Å². The van der Waals surface area contributed by atoms with Gasteiger partial charge in [-0.05, 0) is 18.4 Å². The minimum atomic E-state index is -1.36. The van der Waals surface area contributed by atoms with Gasteiger partial charge in [0.15, 0.2) is 0 Å². The Labute approximate surface area is 106 Å². The Morgan fingerprint density at radius 3 is 2.24 bits per heavy atom. The standard InChI is InChI=1S/C14H21O2Si/c1-4-11-15-17(16-12-5-2)14-10-8-7-9-13(14)6-3/h6-10H,3-5,11-12H2,1-2H3. The minimum Gasteiger partial charge on any atom is -0.390 e. The summed E-state index contributed by atoms with van der Waals surface area (Å²) in [4.78, 5) is 0. The van der Waals surface area contributed by atoms with Crippen molar-refractivity contribution < 1.29 is 8.85 Å². The second-order valence-corrected chi connectivity index (χ2v) is 5.47. The Bertz CT molecular complexity index is 331. The minimum absolute atomic E-state index is 0.753. The number of rotatable bonds is 8. The lowest BCUT2D eigenvalue weighted by Gasteiger charge is -2.16. The highest BCUT2D eigenvalue weighted by atomic mass is 28.3. The van der Waals surface area contributed by atoms with E-state index in [2.05, 4.69) is 32.6 Å². The van der Waals surface area contributed by atoms with Gasteiger partial charge in [0.25, 0.3) is 0 Å². The third-order valence-electron chi connectivity index (χ3n) is 2.28. The van der Waals surface area contributed by atoms with Gasteiger partial charge in [0, 0.05) is 18.4 Å². The molecule has 3 heteroatoms. The van der Waals surface area contributed by atoms with Crippen LogP contribution >= 0.6 is 0 Å². The SMILES string of the molecule is C=Cc1ccccc1[Si](OCCC)OCCC. The molecule has 0 aliphatic carbocycles. The highest BCUT2D eigenvalue weighted by molar-refractivity contribution is 6.62. The Morgan fingerprint density at radius 1 is 1.12 bits per heavy atom. The molecular formula is C14H21O2Si. The van der Waals surface area contributed by atoms with Crippen molar-refractivity contribution in [3.05, 3.63) is 36.4 Å². The van der Waals surface area contributed by atoms with Crippen LogP contribution in [-0.2, 0) is 8.85 Å². The summed E-state index contributed by atoms with van der Waals surface area (Å²) < 4.78 is 11.7. The molecule has 0 atom stereocenters. The first-order valence-corrected chi connectivity index (χ1v) is 7.49. The smallest absolute Gasteiger partial charge is 0.390 e. The average Bonchev–Trinajstić information content (AvgIpc) is 2.39. The monoisotopic (exact) mass is 249 g/mol. The molecule has 1 aromatic rings. The van der Waals surface area contributed by atoms with Crippen LogP contribution in [0.3, 0.4) is 0 Å². The molecule has 0 aliphatic rings. The molecule has 0 saturated heterocycles. The molecule has 0 aliphatic heterocycles. The molecule has 0 saturated carbocycles. The molecule has 0 aromatic heterocycles. The summed E-state index contributed by atoms with van der Waals surface area (Å²) in [7, 11) is -1.36. The molecule has 0 N–H and O–H groups in total. The van der Waals surface area contributed by atoms with Crippen LogP contribution in [-0.4, -0.2) is 22.5 Å². The Balaban J connectivity index is 2.82. The van der Waals surface area contributed by atoms with Crippen molar-refractivity contribution in [1.29, 1.82) is 0 Å².